The van der Waals surface area contributed by atoms with E-state index in [4.69, 9.17) is 4.74 Å². The van der Waals surface area contributed by atoms with Gasteiger partial charge in [-0.2, -0.15) is 18.3 Å². The topological polar surface area (TPSA) is 27.1 Å². The maximum atomic E-state index is 12.6. The summed E-state index contributed by atoms with van der Waals surface area (Å²) in [7, 11) is 0. The normalized spacial score (nSPS) is 14.4. The Hall–Kier alpha value is -1.98. The number of nitrogens with zero attached hydrogens (tertiary/aromatic N) is 2. The van der Waals surface area contributed by atoms with Gasteiger partial charge in [0.15, 0.2) is 0 Å². The highest BCUT2D eigenvalue weighted by molar-refractivity contribution is 5.61. The molecule has 1 aliphatic heterocycles. The van der Waals surface area contributed by atoms with Gasteiger partial charge in [-0.15, -0.1) is 0 Å². The Labute approximate surface area is 101 Å². The highest BCUT2D eigenvalue weighted by Crippen LogP contribution is 2.33. The Morgan fingerprint density at radius 1 is 1.22 bits per heavy atom. The number of rotatable bonds is 1. The van der Waals surface area contributed by atoms with Crippen LogP contribution < -0.4 is 4.74 Å². The Morgan fingerprint density at radius 3 is 2.78 bits per heavy atom. The van der Waals surface area contributed by atoms with Crippen molar-refractivity contribution in [2.24, 2.45) is 0 Å². The summed E-state index contributed by atoms with van der Waals surface area (Å²) in [5.41, 5.74) is 0.264. The van der Waals surface area contributed by atoms with E-state index >= 15 is 0 Å². The zero-order valence-corrected chi connectivity index (χ0v) is 9.24. The summed E-state index contributed by atoms with van der Waals surface area (Å²) in [6.45, 7) is 1.19. The van der Waals surface area contributed by atoms with Crippen LogP contribution in [-0.2, 0) is 12.7 Å². The molecule has 1 aliphatic rings. The van der Waals surface area contributed by atoms with E-state index in [0.29, 0.717) is 30.3 Å². The predicted molar refractivity (Wildman–Crippen MR) is 58.2 cm³/mol. The van der Waals surface area contributed by atoms with Crippen LogP contribution in [-0.4, -0.2) is 16.4 Å². The van der Waals surface area contributed by atoms with Gasteiger partial charge in [0.1, 0.15) is 6.61 Å². The molecule has 6 heteroatoms. The lowest BCUT2D eigenvalue weighted by atomic mass is 10.1. The van der Waals surface area contributed by atoms with Crippen LogP contribution in [0, 0.1) is 0 Å². The summed E-state index contributed by atoms with van der Waals surface area (Å²) in [4.78, 5) is 0. The van der Waals surface area contributed by atoms with Crippen molar-refractivity contribution in [1.82, 2.24) is 9.78 Å². The maximum Gasteiger partial charge on any atom is 0.416 e. The molecule has 2 aromatic rings. The average Bonchev–Trinajstić information content (AvgIpc) is 2.88. The third-order valence-electron chi connectivity index (χ3n) is 2.78. The molecule has 0 radical (unpaired) electrons. The number of ether oxygens (including phenoxy) is 1. The van der Waals surface area contributed by atoms with Crippen molar-refractivity contribution in [3.63, 3.8) is 0 Å². The molecule has 0 saturated carbocycles. The van der Waals surface area contributed by atoms with Gasteiger partial charge in [-0.05, 0) is 12.1 Å². The maximum absolute atomic E-state index is 12.6. The zero-order valence-electron chi connectivity index (χ0n) is 9.24. The van der Waals surface area contributed by atoms with Gasteiger partial charge in [0.05, 0.1) is 17.8 Å². The first-order chi connectivity index (χ1) is 8.54. The lowest BCUT2D eigenvalue weighted by Crippen LogP contribution is -2.04. The second-order valence-corrected chi connectivity index (χ2v) is 4.02. The second kappa shape index (κ2) is 3.76. The lowest BCUT2D eigenvalue weighted by Gasteiger charge is -2.07. The molecule has 0 unspecified atom stereocenters. The van der Waals surface area contributed by atoms with Gasteiger partial charge in [0.25, 0.3) is 0 Å². The molecule has 0 saturated heterocycles. The summed E-state index contributed by atoms with van der Waals surface area (Å²) in [5.74, 6) is 0.599. The average molecular weight is 254 g/mol. The van der Waals surface area contributed by atoms with Crippen molar-refractivity contribution in [3.8, 4) is 17.1 Å². The summed E-state index contributed by atoms with van der Waals surface area (Å²) < 4.78 is 44.7. The second-order valence-electron chi connectivity index (χ2n) is 4.02. The standard InChI is InChI=1S/C12H9F3N2O/c13-12(14,15)9-3-1-2-8(6-9)10-7-11-17(16-10)4-5-18-11/h1-3,6-7H,4-5H2. The minimum Gasteiger partial charge on any atom is -0.476 e. The van der Waals surface area contributed by atoms with Crippen LogP contribution >= 0.6 is 0 Å². The molecule has 94 valence electrons. The first-order valence-corrected chi connectivity index (χ1v) is 5.42. The molecule has 0 bridgehead atoms. The molecule has 0 N–H and O–H groups in total. The van der Waals surface area contributed by atoms with E-state index in [2.05, 4.69) is 5.10 Å². The van der Waals surface area contributed by atoms with E-state index < -0.39 is 11.7 Å². The third kappa shape index (κ3) is 1.83. The quantitative estimate of drug-likeness (QED) is 0.782. The summed E-state index contributed by atoms with van der Waals surface area (Å²) >= 11 is 0. The van der Waals surface area contributed by atoms with Crippen LogP contribution in [0.25, 0.3) is 11.3 Å². The number of aromatic nitrogens is 2. The molecule has 3 rings (SSSR count). The molecule has 18 heavy (non-hydrogen) atoms. The first-order valence-electron chi connectivity index (χ1n) is 5.42. The van der Waals surface area contributed by atoms with E-state index in [0.717, 1.165) is 12.1 Å². The Kier molecular flexibility index (Phi) is 2.33. The van der Waals surface area contributed by atoms with Crippen molar-refractivity contribution < 1.29 is 17.9 Å². The molecule has 3 nitrogen and oxygen atoms in total. The summed E-state index contributed by atoms with van der Waals surface area (Å²) in [6.07, 6.45) is -4.34. The van der Waals surface area contributed by atoms with Crippen LogP contribution in [0.2, 0.25) is 0 Å². The number of halogens is 3. The van der Waals surface area contributed by atoms with Crippen molar-refractivity contribution in [1.29, 1.82) is 0 Å². The van der Waals surface area contributed by atoms with Crippen LogP contribution in [0.5, 0.6) is 5.88 Å². The number of fused-ring (bicyclic) bond motifs is 1. The molecule has 0 amide bonds. The number of hydrogen-bond acceptors (Lipinski definition) is 2. The zero-order chi connectivity index (χ0) is 12.8. The van der Waals surface area contributed by atoms with Gasteiger partial charge < -0.3 is 4.74 Å². The van der Waals surface area contributed by atoms with Gasteiger partial charge in [-0.1, -0.05) is 12.1 Å². The van der Waals surface area contributed by atoms with Crippen molar-refractivity contribution in [2.75, 3.05) is 6.61 Å². The van der Waals surface area contributed by atoms with Gasteiger partial charge in [-0.25, -0.2) is 4.68 Å². The van der Waals surface area contributed by atoms with E-state index in [1.165, 1.54) is 6.07 Å². The van der Waals surface area contributed by atoms with E-state index in [9.17, 15) is 13.2 Å². The van der Waals surface area contributed by atoms with Gasteiger partial charge in [0, 0.05) is 11.6 Å². The molecule has 2 heterocycles. The van der Waals surface area contributed by atoms with Crippen molar-refractivity contribution in [2.45, 2.75) is 12.7 Å². The molecule has 0 atom stereocenters. The van der Waals surface area contributed by atoms with Crippen molar-refractivity contribution >= 4 is 0 Å². The fourth-order valence-corrected chi connectivity index (χ4v) is 1.91. The first kappa shape index (κ1) is 11.1. The van der Waals surface area contributed by atoms with E-state index in [1.54, 1.807) is 16.8 Å². The fourth-order valence-electron chi connectivity index (χ4n) is 1.91. The lowest BCUT2D eigenvalue weighted by molar-refractivity contribution is -0.137. The predicted octanol–water partition coefficient (Wildman–Crippen LogP) is 2.96. The number of hydrogen-bond donors (Lipinski definition) is 0. The van der Waals surface area contributed by atoms with E-state index in [1.807, 2.05) is 0 Å². The number of alkyl halides is 3. The highest BCUT2D eigenvalue weighted by atomic mass is 19.4. The van der Waals surface area contributed by atoms with Crippen LogP contribution in [0.3, 0.4) is 0 Å². The van der Waals surface area contributed by atoms with Gasteiger partial charge >= 0.3 is 6.18 Å². The van der Waals surface area contributed by atoms with E-state index in [-0.39, 0.29) is 0 Å². The van der Waals surface area contributed by atoms with Crippen molar-refractivity contribution in [3.05, 3.63) is 35.9 Å². The molecular weight excluding hydrogens is 245 g/mol. The Bertz CT molecular complexity index is 568. The van der Waals surface area contributed by atoms with Crippen LogP contribution in [0.4, 0.5) is 13.2 Å². The van der Waals surface area contributed by atoms with Gasteiger partial charge in [0.2, 0.25) is 5.88 Å². The summed E-state index contributed by atoms with van der Waals surface area (Å²) in [5, 5.41) is 4.21. The molecular formula is C12H9F3N2O. The molecule has 0 aliphatic carbocycles. The fraction of sp³-hybridized carbons (Fsp3) is 0.250. The molecule has 1 aromatic heterocycles. The Morgan fingerprint density at radius 2 is 2.06 bits per heavy atom. The van der Waals surface area contributed by atoms with Crippen LogP contribution in [0.15, 0.2) is 30.3 Å². The Balaban J connectivity index is 2.01. The minimum absolute atomic E-state index is 0.440. The number of benzene rings is 1. The largest absolute Gasteiger partial charge is 0.476 e. The van der Waals surface area contributed by atoms with Crippen LogP contribution in [0.1, 0.15) is 5.56 Å². The molecule has 0 spiro atoms. The third-order valence-corrected chi connectivity index (χ3v) is 2.78. The molecule has 0 fully saturated rings. The SMILES string of the molecule is FC(F)(F)c1cccc(-c2cc3n(n2)CCO3)c1. The summed E-state index contributed by atoms with van der Waals surface area (Å²) in [6, 6.07) is 6.78. The minimum atomic E-state index is -4.34. The monoisotopic (exact) mass is 254 g/mol. The smallest absolute Gasteiger partial charge is 0.416 e. The molecule has 1 aromatic carbocycles. The highest BCUT2D eigenvalue weighted by Gasteiger charge is 2.30. The van der Waals surface area contributed by atoms with Gasteiger partial charge in [-0.3, -0.25) is 0 Å².